The van der Waals surface area contributed by atoms with E-state index in [0.717, 1.165) is 22.3 Å². The molecule has 0 saturated carbocycles. The van der Waals surface area contributed by atoms with Crippen molar-refractivity contribution in [2.75, 3.05) is 0 Å². The summed E-state index contributed by atoms with van der Waals surface area (Å²) in [5, 5.41) is 0.716. The van der Waals surface area contributed by atoms with Crippen LogP contribution in [0, 0.1) is 6.92 Å². The van der Waals surface area contributed by atoms with Crippen molar-refractivity contribution in [2.45, 2.75) is 19.9 Å². The van der Waals surface area contributed by atoms with Crippen LogP contribution >= 0.6 is 11.6 Å². The van der Waals surface area contributed by atoms with Crippen molar-refractivity contribution in [3.8, 4) is 11.1 Å². The van der Waals surface area contributed by atoms with Crippen LogP contribution in [0.3, 0.4) is 0 Å². The smallest absolute Gasteiger partial charge is 0.0459 e. The van der Waals surface area contributed by atoms with Crippen LogP contribution in [-0.4, -0.2) is 4.98 Å². The van der Waals surface area contributed by atoms with Gasteiger partial charge in [-0.15, -0.1) is 0 Å². The molecule has 0 aliphatic heterocycles. The number of aryl methyl sites for hydroxylation is 1. The van der Waals surface area contributed by atoms with Crippen molar-refractivity contribution in [3.05, 3.63) is 52.8 Å². The van der Waals surface area contributed by atoms with Crippen LogP contribution in [0.5, 0.6) is 0 Å². The molecule has 0 saturated heterocycles. The van der Waals surface area contributed by atoms with E-state index in [1.54, 1.807) is 6.20 Å². The molecule has 2 rings (SSSR count). The molecule has 0 aliphatic carbocycles. The molecule has 0 radical (unpaired) electrons. The Bertz CT molecular complexity index is 535. The summed E-state index contributed by atoms with van der Waals surface area (Å²) in [6.45, 7) is 3.97. The number of hydrogen-bond donors (Lipinski definition) is 1. The molecule has 17 heavy (non-hydrogen) atoms. The Morgan fingerprint density at radius 3 is 2.65 bits per heavy atom. The van der Waals surface area contributed by atoms with E-state index in [9.17, 15) is 0 Å². The van der Waals surface area contributed by atoms with Gasteiger partial charge in [0.05, 0.1) is 0 Å². The first-order valence-electron chi connectivity index (χ1n) is 5.55. The highest BCUT2D eigenvalue weighted by Gasteiger charge is 2.08. The number of hydrogen-bond acceptors (Lipinski definition) is 2. The number of nitrogens with two attached hydrogens (primary N) is 1. The van der Waals surface area contributed by atoms with Crippen molar-refractivity contribution in [2.24, 2.45) is 5.73 Å². The summed E-state index contributed by atoms with van der Waals surface area (Å²) in [5.74, 6) is 0. The molecule has 2 nitrogen and oxygen atoms in total. The Hall–Kier alpha value is -1.38. The lowest BCUT2D eigenvalue weighted by atomic mass is 9.99. The summed E-state index contributed by atoms with van der Waals surface area (Å²) in [7, 11) is 0. The lowest BCUT2D eigenvalue weighted by molar-refractivity contribution is 0.819. The van der Waals surface area contributed by atoms with Gasteiger partial charge in [0.15, 0.2) is 0 Å². The zero-order valence-corrected chi connectivity index (χ0v) is 10.7. The molecule has 3 heteroatoms. The minimum absolute atomic E-state index is 0.0462. The maximum Gasteiger partial charge on any atom is 0.0459 e. The summed E-state index contributed by atoms with van der Waals surface area (Å²) in [4.78, 5) is 4.09. The molecule has 1 atom stereocenters. The Morgan fingerprint density at radius 2 is 2.06 bits per heavy atom. The second-order valence-corrected chi connectivity index (χ2v) is 4.62. The SMILES string of the molecule is Cc1cnccc1-c1ccc(C(C)N)c(Cl)c1. The van der Waals surface area contributed by atoms with Crippen LogP contribution in [0.25, 0.3) is 11.1 Å². The average Bonchev–Trinajstić information content (AvgIpc) is 2.29. The molecule has 0 fully saturated rings. The highest BCUT2D eigenvalue weighted by molar-refractivity contribution is 6.31. The third-order valence-electron chi connectivity index (χ3n) is 2.82. The van der Waals surface area contributed by atoms with E-state index in [2.05, 4.69) is 4.98 Å². The average molecular weight is 247 g/mol. The Kier molecular flexibility index (Phi) is 3.46. The van der Waals surface area contributed by atoms with E-state index >= 15 is 0 Å². The van der Waals surface area contributed by atoms with Gasteiger partial charge in [0.1, 0.15) is 0 Å². The molecular formula is C14H15ClN2. The number of pyridine rings is 1. The summed E-state index contributed by atoms with van der Waals surface area (Å²) in [5.41, 5.74) is 10.2. The topological polar surface area (TPSA) is 38.9 Å². The number of benzene rings is 1. The van der Waals surface area contributed by atoms with E-state index in [1.165, 1.54) is 0 Å². The van der Waals surface area contributed by atoms with Gasteiger partial charge in [0.25, 0.3) is 0 Å². The van der Waals surface area contributed by atoms with Crippen molar-refractivity contribution in [1.29, 1.82) is 0 Å². The van der Waals surface area contributed by atoms with Crippen LogP contribution in [0.4, 0.5) is 0 Å². The monoisotopic (exact) mass is 246 g/mol. The second kappa shape index (κ2) is 4.86. The van der Waals surface area contributed by atoms with Gasteiger partial charge in [0.2, 0.25) is 0 Å². The maximum absolute atomic E-state index is 6.23. The minimum Gasteiger partial charge on any atom is -0.324 e. The molecule has 0 spiro atoms. The van der Waals surface area contributed by atoms with Gasteiger partial charge in [-0.1, -0.05) is 23.7 Å². The van der Waals surface area contributed by atoms with Crippen molar-refractivity contribution < 1.29 is 0 Å². The van der Waals surface area contributed by atoms with E-state index in [4.69, 9.17) is 17.3 Å². The van der Waals surface area contributed by atoms with Crippen LogP contribution in [-0.2, 0) is 0 Å². The first-order valence-corrected chi connectivity index (χ1v) is 5.93. The first kappa shape index (κ1) is 12.1. The quantitative estimate of drug-likeness (QED) is 0.877. The first-order chi connectivity index (χ1) is 8.09. The lowest BCUT2D eigenvalue weighted by Crippen LogP contribution is -2.05. The normalized spacial score (nSPS) is 12.5. The minimum atomic E-state index is -0.0462. The molecule has 1 heterocycles. The molecule has 0 amide bonds. The van der Waals surface area contributed by atoms with Gasteiger partial charge in [0, 0.05) is 23.5 Å². The summed E-state index contributed by atoms with van der Waals surface area (Å²) >= 11 is 6.23. The molecule has 2 aromatic rings. The fourth-order valence-corrected chi connectivity index (χ4v) is 2.21. The zero-order valence-electron chi connectivity index (χ0n) is 9.94. The zero-order chi connectivity index (χ0) is 12.4. The molecule has 0 aliphatic rings. The summed E-state index contributed by atoms with van der Waals surface area (Å²) < 4.78 is 0. The van der Waals surface area contributed by atoms with Gasteiger partial charge in [-0.25, -0.2) is 0 Å². The lowest BCUT2D eigenvalue weighted by Gasteiger charge is -2.11. The Balaban J connectivity index is 2.49. The third kappa shape index (κ3) is 2.48. The Labute approximate surface area is 106 Å². The molecule has 2 N–H and O–H groups in total. The number of rotatable bonds is 2. The fourth-order valence-electron chi connectivity index (χ4n) is 1.86. The number of nitrogens with zero attached hydrogens (tertiary/aromatic N) is 1. The van der Waals surface area contributed by atoms with Crippen LogP contribution in [0.15, 0.2) is 36.7 Å². The van der Waals surface area contributed by atoms with Crippen molar-refractivity contribution in [1.82, 2.24) is 4.98 Å². The predicted molar refractivity (Wildman–Crippen MR) is 72.0 cm³/mol. The highest BCUT2D eigenvalue weighted by Crippen LogP contribution is 2.29. The van der Waals surface area contributed by atoms with E-state index in [1.807, 2.05) is 44.3 Å². The number of aromatic nitrogens is 1. The largest absolute Gasteiger partial charge is 0.324 e. The standard InChI is InChI=1S/C14H15ClN2/c1-9-8-17-6-5-12(9)11-3-4-13(10(2)16)14(15)7-11/h3-8,10H,16H2,1-2H3. The van der Waals surface area contributed by atoms with Crippen LogP contribution < -0.4 is 5.73 Å². The maximum atomic E-state index is 6.23. The van der Waals surface area contributed by atoms with Gasteiger partial charge in [-0.3, -0.25) is 4.98 Å². The molecule has 0 bridgehead atoms. The van der Waals surface area contributed by atoms with Gasteiger partial charge in [-0.05, 0) is 48.2 Å². The molecule has 1 aromatic heterocycles. The summed E-state index contributed by atoms with van der Waals surface area (Å²) in [6, 6.07) is 7.94. The van der Waals surface area contributed by atoms with Crippen LogP contribution in [0.2, 0.25) is 5.02 Å². The molecular weight excluding hydrogens is 232 g/mol. The predicted octanol–water partition coefficient (Wildman–Crippen LogP) is 3.73. The van der Waals surface area contributed by atoms with Gasteiger partial charge >= 0.3 is 0 Å². The van der Waals surface area contributed by atoms with Gasteiger partial charge < -0.3 is 5.73 Å². The van der Waals surface area contributed by atoms with Crippen LogP contribution in [0.1, 0.15) is 24.1 Å². The van der Waals surface area contributed by atoms with Crippen molar-refractivity contribution >= 4 is 11.6 Å². The third-order valence-corrected chi connectivity index (χ3v) is 3.15. The molecule has 1 aromatic carbocycles. The number of halogens is 1. The second-order valence-electron chi connectivity index (χ2n) is 4.22. The van der Waals surface area contributed by atoms with E-state index in [-0.39, 0.29) is 6.04 Å². The van der Waals surface area contributed by atoms with E-state index in [0.29, 0.717) is 5.02 Å². The molecule has 1 unspecified atom stereocenters. The van der Waals surface area contributed by atoms with Gasteiger partial charge in [-0.2, -0.15) is 0 Å². The van der Waals surface area contributed by atoms with Crippen molar-refractivity contribution in [3.63, 3.8) is 0 Å². The van der Waals surface area contributed by atoms with E-state index < -0.39 is 0 Å². The highest BCUT2D eigenvalue weighted by atomic mass is 35.5. The summed E-state index contributed by atoms with van der Waals surface area (Å²) in [6.07, 6.45) is 3.64. The Morgan fingerprint density at radius 1 is 1.29 bits per heavy atom. The molecule has 88 valence electrons. The fraction of sp³-hybridized carbons (Fsp3) is 0.214.